The number of piperidine rings is 1. The van der Waals surface area contributed by atoms with Crippen molar-refractivity contribution < 1.29 is 17.9 Å². The SMILES string of the molecule is CCOc1ccccc1NC(=O)N1CCC(CC2CC2)(NS(C)(=O)=O)CC1. The fourth-order valence-corrected chi connectivity index (χ4v) is 4.87. The van der Waals surface area contributed by atoms with Crippen molar-refractivity contribution in [2.75, 3.05) is 31.3 Å². The Morgan fingerprint density at radius 3 is 2.52 bits per heavy atom. The van der Waals surface area contributed by atoms with Gasteiger partial charge in [-0.2, -0.15) is 0 Å². The molecule has 1 aromatic rings. The first-order valence-electron chi connectivity index (χ1n) is 9.57. The topological polar surface area (TPSA) is 87.7 Å². The summed E-state index contributed by atoms with van der Waals surface area (Å²) in [5.74, 6) is 1.25. The zero-order valence-corrected chi connectivity index (χ0v) is 16.8. The number of para-hydroxylation sites is 2. The van der Waals surface area contributed by atoms with E-state index in [0.29, 0.717) is 49.9 Å². The maximum absolute atomic E-state index is 12.7. The van der Waals surface area contributed by atoms with Crippen molar-refractivity contribution in [2.45, 2.75) is 44.6 Å². The van der Waals surface area contributed by atoms with Gasteiger partial charge in [0, 0.05) is 18.6 Å². The maximum atomic E-state index is 12.7. The number of anilines is 1. The van der Waals surface area contributed by atoms with Crippen LogP contribution in [-0.2, 0) is 10.0 Å². The summed E-state index contributed by atoms with van der Waals surface area (Å²) in [4.78, 5) is 14.4. The van der Waals surface area contributed by atoms with Crippen LogP contribution in [0.25, 0.3) is 0 Å². The van der Waals surface area contributed by atoms with Crippen molar-refractivity contribution in [3.8, 4) is 5.75 Å². The Morgan fingerprint density at radius 2 is 1.93 bits per heavy atom. The van der Waals surface area contributed by atoms with Gasteiger partial charge < -0.3 is 15.0 Å². The molecule has 1 aliphatic carbocycles. The van der Waals surface area contributed by atoms with Crippen molar-refractivity contribution in [3.05, 3.63) is 24.3 Å². The van der Waals surface area contributed by atoms with Gasteiger partial charge in [-0.25, -0.2) is 17.9 Å². The van der Waals surface area contributed by atoms with Gasteiger partial charge >= 0.3 is 6.03 Å². The highest BCUT2D eigenvalue weighted by molar-refractivity contribution is 7.88. The van der Waals surface area contributed by atoms with Crippen molar-refractivity contribution in [2.24, 2.45) is 5.92 Å². The molecule has 1 saturated carbocycles. The number of nitrogens with zero attached hydrogens (tertiary/aromatic N) is 1. The van der Waals surface area contributed by atoms with E-state index in [9.17, 15) is 13.2 Å². The molecule has 7 nitrogen and oxygen atoms in total. The molecule has 2 fully saturated rings. The average molecular weight is 396 g/mol. The summed E-state index contributed by atoms with van der Waals surface area (Å²) < 4.78 is 32.1. The molecular formula is C19H29N3O4S. The van der Waals surface area contributed by atoms with E-state index >= 15 is 0 Å². The zero-order valence-electron chi connectivity index (χ0n) is 16.0. The number of hydrogen-bond acceptors (Lipinski definition) is 4. The first kappa shape index (κ1) is 19.9. The van der Waals surface area contributed by atoms with E-state index in [1.807, 2.05) is 31.2 Å². The van der Waals surface area contributed by atoms with Gasteiger partial charge in [0.05, 0.1) is 18.6 Å². The van der Waals surface area contributed by atoms with Crippen LogP contribution in [0.3, 0.4) is 0 Å². The van der Waals surface area contributed by atoms with Gasteiger partial charge in [0.2, 0.25) is 10.0 Å². The molecule has 150 valence electrons. The zero-order chi connectivity index (χ0) is 19.5. The monoisotopic (exact) mass is 395 g/mol. The molecule has 1 aliphatic heterocycles. The Morgan fingerprint density at radius 1 is 1.26 bits per heavy atom. The smallest absolute Gasteiger partial charge is 0.321 e. The highest BCUT2D eigenvalue weighted by atomic mass is 32.2. The number of nitrogens with one attached hydrogen (secondary N) is 2. The number of urea groups is 1. The van der Waals surface area contributed by atoms with E-state index in [0.717, 1.165) is 6.42 Å². The van der Waals surface area contributed by atoms with Crippen LogP contribution in [-0.4, -0.2) is 50.8 Å². The number of sulfonamides is 1. The Labute approximate surface area is 161 Å². The van der Waals surface area contributed by atoms with Crippen molar-refractivity contribution in [1.82, 2.24) is 9.62 Å². The highest BCUT2D eigenvalue weighted by Gasteiger charge is 2.42. The number of likely N-dealkylation sites (tertiary alicyclic amines) is 1. The van der Waals surface area contributed by atoms with Gasteiger partial charge in [0.25, 0.3) is 0 Å². The second-order valence-corrected chi connectivity index (χ2v) is 9.40. The Balaban J connectivity index is 1.62. The number of carbonyl (C=O) groups excluding carboxylic acids is 1. The molecule has 0 unspecified atom stereocenters. The molecule has 0 aromatic heterocycles. The largest absolute Gasteiger partial charge is 0.492 e. The lowest BCUT2D eigenvalue weighted by molar-refractivity contribution is 0.154. The minimum absolute atomic E-state index is 0.179. The summed E-state index contributed by atoms with van der Waals surface area (Å²) >= 11 is 0. The average Bonchev–Trinajstić information content (AvgIpc) is 3.39. The summed E-state index contributed by atoms with van der Waals surface area (Å²) in [5, 5.41) is 2.92. The Hall–Kier alpha value is -1.80. The molecular weight excluding hydrogens is 366 g/mol. The Kier molecular flexibility index (Phi) is 5.95. The molecule has 1 aromatic carbocycles. The summed E-state index contributed by atoms with van der Waals surface area (Å²) in [6.45, 7) is 3.48. The molecule has 0 spiro atoms. The lowest BCUT2D eigenvalue weighted by Gasteiger charge is -2.42. The molecule has 2 N–H and O–H groups in total. The van der Waals surface area contributed by atoms with Gasteiger partial charge in [-0.15, -0.1) is 0 Å². The summed E-state index contributed by atoms with van der Waals surface area (Å²) in [6.07, 6.45) is 5.69. The van der Waals surface area contributed by atoms with Crippen molar-refractivity contribution in [1.29, 1.82) is 0 Å². The predicted octanol–water partition coefficient (Wildman–Crippen LogP) is 2.80. The number of hydrogen-bond donors (Lipinski definition) is 2. The molecule has 2 amide bonds. The molecule has 1 saturated heterocycles. The normalized spacial score (nSPS) is 19.6. The second kappa shape index (κ2) is 8.06. The fraction of sp³-hybridized carbons (Fsp3) is 0.632. The van der Waals surface area contributed by atoms with E-state index in [1.54, 1.807) is 4.90 Å². The fourth-order valence-electron chi connectivity index (χ4n) is 3.80. The summed E-state index contributed by atoms with van der Waals surface area (Å²) in [5.41, 5.74) is 0.225. The summed E-state index contributed by atoms with van der Waals surface area (Å²) in [7, 11) is -3.28. The second-order valence-electron chi connectivity index (χ2n) is 7.65. The van der Waals surface area contributed by atoms with Crippen LogP contribution in [0.5, 0.6) is 5.75 Å². The van der Waals surface area contributed by atoms with Gasteiger partial charge in [-0.3, -0.25) is 0 Å². The molecule has 8 heteroatoms. The van der Waals surface area contributed by atoms with Crippen LogP contribution in [0.2, 0.25) is 0 Å². The number of ether oxygens (including phenoxy) is 1. The van der Waals surface area contributed by atoms with E-state index < -0.39 is 15.6 Å². The minimum atomic E-state index is -3.28. The first-order valence-corrected chi connectivity index (χ1v) is 11.5. The quantitative estimate of drug-likeness (QED) is 0.743. The van der Waals surface area contributed by atoms with Crippen LogP contribution in [0.1, 0.15) is 39.0 Å². The van der Waals surface area contributed by atoms with Crippen LogP contribution < -0.4 is 14.8 Å². The maximum Gasteiger partial charge on any atom is 0.321 e. The molecule has 2 aliphatic rings. The van der Waals surface area contributed by atoms with Crippen molar-refractivity contribution in [3.63, 3.8) is 0 Å². The van der Waals surface area contributed by atoms with Gasteiger partial charge in [-0.05, 0) is 44.2 Å². The number of amides is 2. The third-order valence-electron chi connectivity index (χ3n) is 5.21. The molecule has 27 heavy (non-hydrogen) atoms. The van der Waals surface area contributed by atoms with Crippen LogP contribution in [0.4, 0.5) is 10.5 Å². The Bertz CT molecular complexity index is 769. The van der Waals surface area contributed by atoms with Crippen LogP contribution >= 0.6 is 0 Å². The number of rotatable bonds is 7. The van der Waals surface area contributed by atoms with E-state index in [2.05, 4.69) is 10.0 Å². The highest BCUT2D eigenvalue weighted by Crippen LogP contribution is 2.41. The van der Waals surface area contributed by atoms with E-state index in [4.69, 9.17) is 4.74 Å². The molecule has 0 atom stereocenters. The molecule has 0 bridgehead atoms. The summed E-state index contributed by atoms with van der Waals surface area (Å²) in [6, 6.07) is 7.18. The minimum Gasteiger partial charge on any atom is -0.492 e. The number of carbonyl (C=O) groups is 1. The predicted molar refractivity (Wildman–Crippen MR) is 105 cm³/mol. The third-order valence-corrected chi connectivity index (χ3v) is 6.02. The first-order chi connectivity index (χ1) is 12.8. The van der Waals surface area contributed by atoms with Crippen LogP contribution in [0.15, 0.2) is 24.3 Å². The third kappa shape index (κ3) is 5.59. The van der Waals surface area contributed by atoms with Crippen molar-refractivity contribution >= 4 is 21.7 Å². The molecule has 1 heterocycles. The van der Waals surface area contributed by atoms with Gasteiger partial charge in [-0.1, -0.05) is 25.0 Å². The van der Waals surface area contributed by atoms with Gasteiger partial charge in [0.15, 0.2) is 0 Å². The van der Waals surface area contributed by atoms with E-state index in [-0.39, 0.29) is 6.03 Å². The van der Waals surface area contributed by atoms with Gasteiger partial charge in [0.1, 0.15) is 5.75 Å². The molecule has 0 radical (unpaired) electrons. The van der Waals surface area contributed by atoms with E-state index in [1.165, 1.54) is 19.1 Å². The van der Waals surface area contributed by atoms with Crippen LogP contribution in [0, 0.1) is 5.92 Å². The number of benzene rings is 1. The molecule has 3 rings (SSSR count). The lowest BCUT2D eigenvalue weighted by Crippen LogP contribution is -2.56. The standard InChI is InChI=1S/C19H29N3O4S/c1-3-26-17-7-5-4-6-16(17)20-18(23)22-12-10-19(11-13-22,14-15-8-9-15)21-27(2,24)25/h4-7,15,21H,3,8-14H2,1-2H3,(H,20,23). The lowest BCUT2D eigenvalue weighted by atomic mass is 9.84.